The van der Waals surface area contributed by atoms with E-state index in [9.17, 15) is 8.42 Å². The summed E-state index contributed by atoms with van der Waals surface area (Å²) >= 11 is 0. The van der Waals surface area contributed by atoms with Gasteiger partial charge in [0.05, 0.1) is 4.90 Å². The third-order valence-electron chi connectivity index (χ3n) is 3.87. The van der Waals surface area contributed by atoms with Gasteiger partial charge in [0, 0.05) is 31.1 Å². The number of sulfonamides is 1. The van der Waals surface area contributed by atoms with Crippen LogP contribution in [0.5, 0.6) is 0 Å². The second-order valence-corrected chi connectivity index (χ2v) is 6.85. The molecule has 0 saturated carbocycles. The minimum absolute atomic E-state index is 0.0804. The number of nitrogen functional groups attached to an aromatic ring is 1. The minimum atomic E-state index is -3.78. The van der Waals surface area contributed by atoms with Crippen molar-refractivity contribution in [2.75, 3.05) is 30.3 Å². The lowest BCUT2D eigenvalue weighted by molar-refractivity contribution is 0.203. The van der Waals surface area contributed by atoms with E-state index < -0.39 is 10.0 Å². The summed E-state index contributed by atoms with van der Waals surface area (Å²) in [5.74, 6) is 0.324. The van der Waals surface area contributed by atoms with Gasteiger partial charge in [-0.15, -0.1) is 0 Å². The van der Waals surface area contributed by atoms with E-state index in [1.165, 1.54) is 6.07 Å². The molecule has 5 N–H and O–H groups in total. The molecule has 6 nitrogen and oxygen atoms in total. The maximum absolute atomic E-state index is 11.6. The number of nitrogens with two attached hydrogens (primary N) is 2. The standard InChI is InChI=1S/C13H21N3O3S/c1-9-12(16-4-2-10(8-17)3-5-16)6-11(14)7-13(9)20(15,18)19/h6-7,10,17H,2-5,8,14H2,1H3,(H2,15,18,19). The van der Waals surface area contributed by atoms with Gasteiger partial charge in [0.2, 0.25) is 10.0 Å². The molecule has 0 spiro atoms. The molecule has 0 atom stereocenters. The smallest absolute Gasteiger partial charge is 0.238 e. The van der Waals surface area contributed by atoms with Crippen molar-refractivity contribution in [2.45, 2.75) is 24.7 Å². The summed E-state index contributed by atoms with van der Waals surface area (Å²) in [5.41, 5.74) is 7.63. The Kier molecular flexibility index (Phi) is 4.22. The Morgan fingerprint density at radius 3 is 2.45 bits per heavy atom. The molecule has 0 unspecified atom stereocenters. The number of piperidine rings is 1. The van der Waals surface area contributed by atoms with Gasteiger partial charge < -0.3 is 15.7 Å². The zero-order chi connectivity index (χ0) is 14.9. The summed E-state index contributed by atoms with van der Waals surface area (Å²) in [5, 5.41) is 14.4. The molecule has 0 aliphatic carbocycles. The van der Waals surface area contributed by atoms with Gasteiger partial charge in [0.15, 0.2) is 0 Å². The average molecular weight is 299 g/mol. The van der Waals surface area contributed by atoms with E-state index in [4.69, 9.17) is 16.0 Å². The number of benzene rings is 1. The van der Waals surface area contributed by atoms with Crippen LogP contribution in [-0.2, 0) is 10.0 Å². The van der Waals surface area contributed by atoms with Crippen LogP contribution in [0.15, 0.2) is 17.0 Å². The molecule has 112 valence electrons. The molecule has 0 bridgehead atoms. The quantitative estimate of drug-likeness (QED) is 0.701. The van der Waals surface area contributed by atoms with Gasteiger partial charge in [-0.25, -0.2) is 13.6 Å². The van der Waals surface area contributed by atoms with Gasteiger partial charge >= 0.3 is 0 Å². The van der Waals surface area contributed by atoms with Crippen molar-refractivity contribution in [2.24, 2.45) is 11.1 Å². The van der Waals surface area contributed by atoms with Crippen molar-refractivity contribution in [3.63, 3.8) is 0 Å². The second-order valence-electron chi connectivity index (χ2n) is 5.32. The lowest BCUT2D eigenvalue weighted by atomic mass is 9.97. The summed E-state index contributed by atoms with van der Waals surface area (Å²) < 4.78 is 23.2. The van der Waals surface area contributed by atoms with E-state index >= 15 is 0 Å². The normalized spacial score (nSPS) is 17.4. The van der Waals surface area contributed by atoms with Crippen LogP contribution in [-0.4, -0.2) is 33.2 Å². The molecule has 1 fully saturated rings. The number of hydrogen-bond donors (Lipinski definition) is 3. The van der Waals surface area contributed by atoms with Crippen molar-refractivity contribution in [1.82, 2.24) is 0 Å². The molecule has 1 aromatic rings. The number of aliphatic hydroxyl groups is 1. The van der Waals surface area contributed by atoms with E-state index in [0.29, 0.717) is 17.2 Å². The van der Waals surface area contributed by atoms with Crippen molar-refractivity contribution >= 4 is 21.4 Å². The lowest BCUT2D eigenvalue weighted by Gasteiger charge is -2.34. The zero-order valence-electron chi connectivity index (χ0n) is 11.5. The molecule has 1 aliphatic heterocycles. The average Bonchev–Trinajstić information content (AvgIpc) is 2.40. The highest BCUT2D eigenvalue weighted by Gasteiger charge is 2.23. The van der Waals surface area contributed by atoms with Crippen LogP contribution < -0.4 is 15.8 Å². The number of aliphatic hydroxyl groups excluding tert-OH is 1. The monoisotopic (exact) mass is 299 g/mol. The molecular weight excluding hydrogens is 278 g/mol. The fraction of sp³-hybridized carbons (Fsp3) is 0.538. The van der Waals surface area contributed by atoms with Gasteiger partial charge in [-0.2, -0.15) is 0 Å². The van der Waals surface area contributed by atoms with E-state index in [1.54, 1.807) is 13.0 Å². The predicted molar refractivity (Wildman–Crippen MR) is 79.0 cm³/mol. The van der Waals surface area contributed by atoms with Crippen LogP contribution in [0, 0.1) is 12.8 Å². The van der Waals surface area contributed by atoms with Crippen molar-refractivity contribution in [3.05, 3.63) is 17.7 Å². The van der Waals surface area contributed by atoms with Crippen molar-refractivity contribution < 1.29 is 13.5 Å². The van der Waals surface area contributed by atoms with Crippen LogP contribution in [0.4, 0.5) is 11.4 Å². The van der Waals surface area contributed by atoms with Crippen LogP contribution in [0.2, 0.25) is 0 Å². The van der Waals surface area contributed by atoms with Crippen LogP contribution in [0.1, 0.15) is 18.4 Å². The first-order chi connectivity index (χ1) is 9.32. The third kappa shape index (κ3) is 3.05. The minimum Gasteiger partial charge on any atom is -0.399 e. The Labute approximate surface area is 119 Å². The number of primary sulfonamides is 1. The summed E-state index contributed by atoms with van der Waals surface area (Å²) in [4.78, 5) is 2.18. The van der Waals surface area contributed by atoms with E-state index in [1.807, 2.05) is 0 Å². The van der Waals surface area contributed by atoms with Gasteiger partial charge in [-0.1, -0.05) is 0 Å². The fourth-order valence-corrected chi connectivity index (χ4v) is 3.51. The summed E-state index contributed by atoms with van der Waals surface area (Å²) in [6, 6.07) is 3.18. The molecule has 7 heteroatoms. The molecule has 1 heterocycles. The molecule has 0 radical (unpaired) electrons. The molecular formula is C13H21N3O3S. The topological polar surface area (TPSA) is 110 Å². The van der Waals surface area contributed by atoms with Gasteiger partial charge in [-0.3, -0.25) is 0 Å². The van der Waals surface area contributed by atoms with E-state index in [0.717, 1.165) is 31.6 Å². The number of hydrogen-bond acceptors (Lipinski definition) is 5. The van der Waals surface area contributed by atoms with Crippen LogP contribution >= 0.6 is 0 Å². The Balaban J connectivity index is 2.36. The molecule has 1 saturated heterocycles. The summed E-state index contributed by atoms with van der Waals surface area (Å²) in [7, 11) is -3.78. The molecule has 2 rings (SSSR count). The SMILES string of the molecule is Cc1c(N2CCC(CO)CC2)cc(N)cc1S(N)(=O)=O. The van der Waals surface area contributed by atoms with Gasteiger partial charge in [-0.05, 0) is 43.4 Å². The Bertz CT molecular complexity index is 593. The first kappa shape index (κ1) is 15.1. The Hall–Kier alpha value is -1.31. The van der Waals surface area contributed by atoms with Crippen molar-refractivity contribution in [3.8, 4) is 0 Å². The zero-order valence-corrected chi connectivity index (χ0v) is 12.4. The molecule has 0 aromatic heterocycles. The maximum atomic E-state index is 11.6. The lowest BCUT2D eigenvalue weighted by Crippen LogP contribution is -2.35. The molecule has 20 heavy (non-hydrogen) atoms. The largest absolute Gasteiger partial charge is 0.399 e. The molecule has 1 aliphatic rings. The third-order valence-corrected chi connectivity index (χ3v) is 4.91. The first-order valence-corrected chi connectivity index (χ1v) is 8.16. The number of nitrogens with zero attached hydrogens (tertiary/aromatic N) is 1. The van der Waals surface area contributed by atoms with E-state index in [2.05, 4.69) is 4.90 Å². The second kappa shape index (κ2) is 5.59. The van der Waals surface area contributed by atoms with E-state index in [-0.39, 0.29) is 11.5 Å². The first-order valence-electron chi connectivity index (χ1n) is 6.61. The van der Waals surface area contributed by atoms with Crippen molar-refractivity contribution in [1.29, 1.82) is 0 Å². The summed E-state index contributed by atoms with van der Waals surface area (Å²) in [6.45, 7) is 3.50. The molecule has 1 aromatic carbocycles. The highest BCUT2D eigenvalue weighted by Crippen LogP contribution is 2.31. The van der Waals surface area contributed by atoms with Crippen LogP contribution in [0.3, 0.4) is 0 Å². The predicted octanol–water partition coefficient (Wildman–Crippen LogP) is 0.433. The van der Waals surface area contributed by atoms with Gasteiger partial charge in [0.1, 0.15) is 0 Å². The summed E-state index contributed by atoms with van der Waals surface area (Å²) in [6.07, 6.45) is 1.77. The van der Waals surface area contributed by atoms with Gasteiger partial charge in [0.25, 0.3) is 0 Å². The number of rotatable bonds is 3. The molecule has 0 amide bonds. The maximum Gasteiger partial charge on any atom is 0.238 e. The highest BCUT2D eigenvalue weighted by molar-refractivity contribution is 7.89. The van der Waals surface area contributed by atoms with Crippen LogP contribution in [0.25, 0.3) is 0 Å². The fourth-order valence-electron chi connectivity index (χ4n) is 2.67. The number of anilines is 2. The Morgan fingerprint density at radius 1 is 1.35 bits per heavy atom. The highest BCUT2D eigenvalue weighted by atomic mass is 32.2. The Morgan fingerprint density at radius 2 is 1.95 bits per heavy atom.